The summed E-state index contributed by atoms with van der Waals surface area (Å²) in [5, 5.41) is 0. The molecule has 1 unspecified atom stereocenters. The molecule has 0 heterocycles. The van der Waals surface area contributed by atoms with Gasteiger partial charge in [0, 0.05) is 19.4 Å². The van der Waals surface area contributed by atoms with Crippen molar-refractivity contribution in [3.05, 3.63) is 72.9 Å². The van der Waals surface area contributed by atoms with E-state index in [1.165, 1.54) is 161 Å². The molecule has 0 aromatic heterocycles. The van der Waals surface area contributed by atoms with Crippen molar-refractivity contribution in [2.45, 2.75) is 284 Å². The second-order valence-electron chi connectivity index (χ2n) is 18.8. The monoisotopic (exact) mass is 921 g/mol. The highest BCUT2D eigenvalue weighted by molar-refractivity contribution is 5.70. The zero-order valence-electron chi connectivity index (χ0n) is 44.0. The van der Waals surface area contributed by atoms with Crippen LogP contribution in [-0.2, 0) is 23.8 Å². The number of ether oxygens (including phenoxy) is 3. The lowest BCUT2D eigenvalue weighted by atomic mass is 10.1. The quantitative estimate of drug-likeness (QED) is 0.0346. The standard InChI is InChI=1S/C61H108O5/c1-4-7-10-13-16-19-22-24-26-28-30-32-34-36-38-41-44-47-50-53-56-64-57-59(66-61(63)55-52-49-46-43-39-21-18-15-12-9-6-3)58-65-60(62)54-51-48-45-42-40-37-35-33-31-29-27-25-23-20-17-14-11-8-5-2/h8,11,16-17,19-20,24-27,31,33,59H,4-7,9-10,12-15,18,21-23,28-30,32,34-58H2,1-3H3/b11-8-,19-16-,20-17-,26-24-,27-25-,33-31-. The van der Waals surface area contributed by atoms with Gasteiger partial charge in [-0.05, 0) is 89.9 Å². The fraction of sp³-hybridized carbons (Fsp3) is 0.770. The molecule has 0 aromatic carbocycles. The van der Waals surface area contributed by atoms with E-state index in [1.807, 2.05) is 0 Å². The molecule has 0 bridgehead atoms. The molecule has 0 aliphatic heterocycles. The molecule has 0 rings (SSSR count). The van der Waals surface area contributed by atoms with Crippen molar-refractivity contribution in [2.24, 2.45) is 0 Å². The first-order valence-electron chi connectivity index (χ1n) is 28.5. The van der Waals surface area contributed by atoms with E-state index < -0.39 is 6.10 Å². The van der Waals surface area contributed by atoms with Gasteiger partial charge >= 0.3 is 11.9 Å². The van der Waals surface area contributed by atoms with Gasteiger partial charge in [0.25, 0.3) is 0 Å². The largest absolute Gasteiger partial charge is 0.462 e. The van der Waals surface area contributed by atoms with Gasteiger partial charge in [-0.25, -0.2) is 0 Å². The van der Waals surface area contributed by atoms with Gasteiger partial charge in [-0.2, -0.15) is 0 Å². The van der Waals surface area contributed by atoms with Crippen molar-refractivity contribution < 1.29 is 23.8 Å². The smallest absolute Gasteiger partial charge is 0.306 e. The Morgan fingerprint density at radius 3 is 1.12 bits per heavy atom. The van der Waals surface area contributed by atoms with E-state index in [9.17, 15) is 9.59 Å². The van der Waals surface area contributed by atoms with Crippen LogP contribution in [0.3, 0.4) is 0 Å². The van der Waals surface area contributed by atoms with Gasteiger partial charge < -0.3 is 14.2 Å². The first-order chi connectivity index (χ1) is 32.6. The second-order valence-corrected chi connectivity index (χ2v) is 18.8. The molecule has 66 heavy (non-hydrogen) atoms. The van der Waals surface area contributed by atoms with Crippen molar-refractivity contribution in [3.63, 3.8) is 0 Å². The van der Waals surface area contributed by atoms with Gasteiger partial charge in [-0.1, -0.05) is 248 Å². The minimum Gasteiger partial charge on any atom is -0.462 e. The number of rotatable bonds is 52. The number of carbonyl (C=O) groups is 2. The fourth-order valence-electron chi connectivity index (χ4n) is 8.00. The number of allylic oxidation sites excluding steroid dienone is 12. The molecule has 0 saturated heterocycles. The first-order valence-corrected chi connectivity index (χ1v) is 28.5. The molecule has 5 heteroatoms. The summed E-state index contributed by atoms with van der Waals surface area (Å²) in [5.74, 6) is -0.407. The van der Waals surface area contributed by atoms with Gasteiger partial charge in [0.05, 0.1) is 6.61 Å². The lowest BCUT2D eigenvalue weighted by Gasteiger charge is -2.18. The average molecular weight is 922 g/mol. The summed E-state index contributed by atoms with van der Waals surface area (Å²) in [6.45, 7) is 7.69. The van der Waals surface area contributed by atoms with Crippen LogP contribution in [0.5, 0.6) is 0 Å². The van der Waals surface area contributed by atoms with Gasteiger partial charge in [0.1, 0.15) is 6.61 Å². The van der Waals surface area contributed by atoms with E-state index in [-0.39, 0.29) is 25.2 Å². The summed E-state index contributed by atoms with van der Waals surface area (Å²) >= 11 is 0. The van der Waals surface area contributed by atoms with Crippen molar-refractivity contribution in [1.29, 1.82) is 0 Å². The summed E-state index contributed by atoms with van der Waals surface area (Å²) in [5.41, 5.74) is 0. The normalized spacial score (nSPS) is 12.7. The van der Waals surface area contributed by atoms with Crippen LogP contribution in [-0.4, -0.2) is 37.9 Å². The number of carbonyl (C=O) groups excluding carboxylic acids is 2. The topological polar surface area (TPSA) is 61.8 Å². The van der Waals surface area contributed by atoms with Crippen LogP contribution in [0.2, 0.25) is 0 Å². The predicted octanol–water partition coefficient (Wildman–Crippen LogP) is 19.5. The van der Waals surface area contributed by atoms with E-state index in [2.05, 4.69) is 93.7 Å². The molecule has 5 nitrogen and oxygen atoms in total. The van der Waals surface area contributed by atoms with E-state index in [0.29, 0.717) is 19.4 Å². The third kappa shape index (κ3) is 54.0. The van der Waals surface area contributed by atoms with Crippen molar-refractivity contribution in [3.8, 4) is 0 Å². The summed E-state index contributed by atoms with van der Waals surface area (Å²) in [6.07, 6.45) is 73.5. The maximum absolute atomic E-state index is 12.8. The van der Waals surface area contributed by atoms with Gasteiger partial charge in [0.15, 0.2) is 6.10 Å². The minimum absolute atomic E-state index is 0.0771. The van der Waals surface area contributed by atoms with E-state index in [1.54, 1.807) is 0 Å². The van der Waals surface area contributed by atoms with Crippen LogP contribution < -0.4 is 0 Å². The molecule has 1 atom stereocenters. The summed E-state index contributed by atoms with van der Waals surface area (Å²) in [4.78, 5) is 25.5. The number of hydrogen-bond acceptors (Lipinski definition) is 5. The van der Waals surface area contributed by atoms with E-state index >= 15 is 0 Å². The summed E-state index contributed by atoms with van der Waals surface area (Å²) < 4.78 is 17.5. The number of unbranched alkanes of at least 4 members (excludes halogenated alkanes) is 29. The Bertz CT molecular complexity index is 1180. The van der Waals surface area contributed by atoms with Gasteiger partial charge in [-0.3, -0.25) is 9.59 Å². The lowest BCUT2D eigenvalue weighted by molar-refractivity contribution is -0.163. The molecule has 382 valence electrons. The molecular weight excluding hydrogens is 813 g/mol. The molecule has 0 aliphatic rings. The molecule has 0 aromatic rings. The summed E-state index contributed by atoms with van der Waals surface area (Å²) in [6, 6.07) is 0. The highest BCUT2D eigenvalue weighted by atomic mass is 16.6. The summed E-state index contributed by atoms with van der Waals surface area (Å²) in [7, 11) is 0. The second kappa shape index (κ2) is 56.7. The van der Waals surface area contributed by atoms with E-state index in [0.717, 1.165) is 83.5 Å². The molecule has 0 radical (unpaired) electrons. The molecular formula is C61H108O5. The molecule has 0 amide bonds. The van der Waals surface area contributed by atoms with Crippen molar-refractivity contribution in [2.75, 3.05) is 19.8 Å². The highest BCUT2D eigenvalue weighted by Crippen LogP contribution is 2.15. The lowest BCUT2D eigenvalue weighted by Crippen LogP contribution is -2.30. The zero-order chi connectivity index (χ0) is 47.7. The number of esters is 2. The Morgan fingerprint density at radius 2 is 0.682 bits per heavy atom. The predicted molar refractivity (Wildman–Crippen MR) is 288 cm³/mol. The number of hydrogen-bond donors (Lipinski definition) is 0. The Balaban J connectivity index is 4.23. The SMILES string of the molecule is CC/C=C\C/C=C\C/C=C\C/C=C\CCCCCCCCC(=O)OCC(COCCCCCCCCCCCC/C=C\C/C=C\CCCCC)OC(=O)CCCCCCCCCCCCC. The minimum atomic E-state index is -0.544. The Kier molecular flexibility index (Phi) is 54.4. The van der Waals surface area contributed by atoms with Crippen LogP contribution >= 0.6 is 0 Å². The van der Waals surface area contributed by atoms with Crippen LogP contribution in [0.25, 0.3) is 0 Å². The zero-order valence-corrected chi connectivity index (χ0v) is 44.0. The third-order valence-electron chi connectivity index (χ3n) is 12.2. The van der Waals surface area contributed by atoms with Crippen LogP contribution in [0.4, 0.5) is 0 Å². The molecule has 0 saturated carbocycles. The molecule has 0 spiro atoms. The van der Waals surface area contributed by atoms with Gasteiger partial charge in [0.2, 0.25) is 0 Å². The highest BCUT2D eigenvalue weighted by Gasteiger charge is 2.17. The average Bonchev–Trinajstić information content (AvgIpc) is 3.32. The van der Waals surface area contributed by atoms with Gasteiger partial charge in [-0.15, -0.1) is 0 Å². The van der Waals surface area contributed by atoms with Crippen LogP contribution in [0.1, 0.15) is 278 Å². The maximum atomic E-state index is 12.8. The third-order valence-corrected chi connectivity index (χ3v) is 12.2. The van der Waals surface area contributed by atoms with E-state index in [4.69, 9.17) is 14.2 Å². The molecule has 0 fully saturated rings. The Labute approximate surface area is 410 Å². The van der Waals surface area contributed by atoms with Crippen LogP contribution in [0, 0.1) is 0 Å². The first kappa shape index (κ1) is 63.3. The van der Waals surface area contributed by atoms with Crippen molar-refractivity contribution >= 4 is 11.9 Å². The molecule has 0 aliphatic carbocycles. The fourth-order valence-corrected chi connectivity index (χ4v) is 8.00. The van der Waals surface area contributed by atoms with Crippen LogP contribution in [0.15, 0.2) is 72.9 Å². The maximum Gasteiger partial charge on any atom is 0.306 e. The Hall–Kier alpha value is -2.66. The van der Waals surface area contributed by atoms with Crippen molar-refractivity contribution in [1.82, 2.24) is 0 Å². The Morgan fingerprint density at radius 1 is 0.348 bits per heavy atom. The molecule has 0 N–H and O–H groups in total.